The Labute approximate surface area is 360 Å². The number of carbonyl (C=O) groups is 4. The average molecular weight is 887 g/mol. The molecule has 3 rings (SSSR count). The zero-order valence-corrected chi connectivity index (χ0v) is 35.9. The molecule has 0 saturated carbocycles. The second-order valence-corrected chi connectivity index (χ2v) is 14.6. The van der Waals surface area contributed by atoms with Crippen molar-refractivity contribution in [2.75, 3.05) is 85.8 Å². The zero-order valence-electron chi connectivity index (χ0n) is 35.0. The normalized spacial score (nSPS) is 12.7. The minimum Gasteiger partial charge on any atom is -0.508 e. The molecule has 0 heterocycles. The standard InChI is InChI=1S/C43H55N2O16P/c1-32-28-37(5-4-35-8-14-39(48)15-9-35)7-13-38(32)12-6-36-10-16-40(17-11-36)56-26-24-54-23-22-53-20-18-44-42(49)31-55-25-27-57-43(50)45-19-21-59-62(51,52)60-30-41(61-34(3)47)29-58-33(2)46/h4-17,28,41,48H,18-27,29-31H2,1-3H3,(H,44,49)(H,45,50)(H,51,52)/b5-4+,12-6+. The smallest absolute Gasteiger partial charge is 0.472 e. The van der Waals surface area contributed by atoms with Crippen LogP contribution in [-0.2, 0) is 56.4 Å². The van der Waals surface area contributed by atoms with Gasteiger partial charge in [0, 0.05) is 26.9 Å². The van der Waals surface area contributed by atoms with Crippen LogP contribution in [0.1, 0.15) is 41.7 Å². The molecule has 4 N–H and O–H groups in total. The maximum Gasteiger partial charge on any atom is 0.472 e. The minimum atomic E-state index is -4.59. The molecular formula is C43H55N2O16P. The fourth-order valence-corrected chi connectivity index (χ4v) is 5.73. The van der Waals surface area contributed by atoms with Crippen LogP contribution in [-0.4, -0.2) is 126 Å². The molecule has 0 aliphatic rings. The molecule has 0 spiro atoms. The Balaban J connectivity index is 1.13. The first-order valence-corrected chi connectivity index (χ1v) is 21.1. The van der Waals surface area contributed by atoms with Crippen molar-refractivity contribution in [1.82, 2.24) is 10.6 Å². The lowest BCUT2D eigenvalue weighted by atomic mass is 10.0. The fraction of sp³-hybridized carbons (Fsp3) is 0.395. The molecule has 3 aromatic carbocycles. The molecule has 0 aliphatic carbocycles. The SMILES string of the molecule is CC(=O)OCC(COP(=O)(O)OCCNC(=O)OCCOCC(=O)NCCOCCOCCOc1ccc(/C=C/c2ccc(/C=C/c3ccc(O)cc3)cc2C)cc1)OC(C)=O. The van der Waals surface area contributed by atoms with Crippen LogP contribution >= 0.6 is 7.82 Å². The number of aromatic hydroxyl groups is 1. The highest BCUT2D eigenvalue weighted by atomic mass is 31.2. The second kappa shape index (κ2) is 28.8. The highest BCUT2D eigenvalue weighted by Gasteiger charge is 2.25. The van der Waals surface area contributed by atoms with Gasteiger partial charge in [0.25, 0.3) is 0 Å². The molecule has 3 aromatic rings. The first-order valence-electron chi connectivity index (χ1n) is 19.6. The van der Waals surface area contributed by atoms with Crippen molar-refractivity contribution in [2.45, 2.75) is 26.9 Å². The summed E-state index contributed by atoms with van der Waals surface area (Å²) in [5.41, 5.74) is 5.43. The molecule has 0 aliphatic heterocycles. The number of phosphoric ester groups is 1. The number of hydrogen-bond acceptors (Lipinski definition) is 15. The summed E-state index contributed by atoms with van der Waals surface area (Å²) in [7, 11) is -4.59. The Hall–Kier alpha value is -5.59. The van der Waals surface area contributed by atoms with Crippen LogP contribution in [0.4, 0.5) is 4.79 Å². The van der Waals surface area contributed by atoms with Gasteiger partial charge in [-0.3, -0.25) is 23.4 Å². The number of aryl methyl sites for hydroxylation is 1. The molecule has 0 saturated heterocycles. The topological polar surface area (TPSA) is 233 Å². The van der Waals surface area contributed by atoms with E-state index in [2.05, 4.69) is 47.9 Å². The molecule has 2 unspecified atom stereocenters. The highest BCUT2D eigenvalue weighted by Crippen LogP contribution is 2.43. The van der Waals surface area contributed by atoms with E-state index in [4.69, 9.17) is 42.2 Å². The van der Waals surface area contributed by atoms with Crippen LogP contribution < -0.4 is 15.4 Å². The maximum atomic E-state index is 12.0. The molecule has 18 nitrogen and oxygen atoms in total. The van der Waals surface area contributed by atoms with Gasteiger partial charge < -0.3 is 53.8 Å². The Bertz CT molecular complexity index is 1940. The third-order valence-corrected chi connectivity index (χ3v) is 8.96. The van der Waals surface area contributed by atoms with Crippen LogP contribution in [0.2, 0.25) is 0 Å². The van der Waals surface area contributed by atoms with Gasteiger partial charge in [-0.15, -0.1) is 0 Å². The summed E-state index contributed by atoms with van der Waals surface area (Å²) in [5.74, 6) is -0.766. The van der Waals surface area contributed by atoms with Crippen molar-refractivity contribution in [3.63, 3.8) is 0 Å². The average Bonchev–Trinajstić information content (AvgIpc) is 3.23. The minimum absolute atomic E-state index is 0.0615. The Morgan fingerprint density at radius 3 is 1.97 bits per heavy atom. The summed E-state index contributed by atoms with van der Waals surface area (Å²) in [6, 6.07) is 21.2. The lowest BCUT2D eigenvalue weighted by Crippen LogP contribution is -2.32. The summed E-state index contributed by atoms with van der Waals surface area (Å²) in [6.45, 7) is 4.20. The van der Waals surface area contributed by atoms with E-state index in [1.54, 1.807) is 12.1 Å². The van der Waals surface area contributed by atoms with Crippen molar-refractivity contribution in [3.8, 4) is 11.5 Å². The van der Waals surface area contributed by atoms with Gasteiger partial charge in [-0.05, 0) is 59.0 Å². The van der Waals surface area contributed by atoms with Crippen LogP contribution in [0.25, 0.3) is 24.3 Å². The van der Waals surface area contributed by atoms with E-state index in [9.17, 15) is 33.7 Å². The third-order valence-electron chi connectivity index (χ3n) is 7.98. The third kappa shape index (κ3) is 23.4. The highest BCUT2D eigenvalue weighted by molar-refractivity contribution is 7.47. The summed E-state index contributed by atoms with van der Waals surface area (Å²) in [4.78, 5) is 55.6. The summed E-state index contributed by atoms with van der Waals surface area (Å²) in [5, 5.41) is 14.4. The van der Waals surface area contributed by atoms with Crippen LogP contribution in [0.3, 0.4) is 0 Å². The van der Waals surface area contributed by atoms with Crippen LogP contribution in [0.5, 0.6) is 11.5 Å². The number of carbonyl (C=O) groups excluding carboxylic acids is 4. The number of amides is 2. The number of phosphoric acid groups is 1. The number of ether oxygens (including phenoxy) is 7. The van der Waals surface area contributed by atoms with E-state index >= 15 is 0 Å². The number of nitrogens with one attached hydrogen (secondary N) is 2. The molecule has 0 aromatic heterocycles. The van der Waals surface area contributed by atoms with Gasteiger partial charge in [-0.25, -0.2) is 9.36 Å². The molecule has 0 fully saturated rings. The molecule has 19 heteroatoms. The van der Waals surface area contributed by atoms with Crippen molar-refractivity contribution >= 4 is 56.1 Å². The van der Waals surface area contributed by atoms with Gasteiger partial charge in [-0.2, -0.15) is 0 Å². The lowest BCUT2D eigenvalue weighted by Gasteiger charge is -2.18. The molecule has 62 heavy (non-hydrogen) atoms. The second-order valence-electron chi connectivity index (χ2n) is 13.1. The Morgan fingerprint density at radius 2 is 1.27 bits per heavy atom. The first-order chi connectivity index (χ1) is 29.8. The van der Waals surface area contributed by atoms with E-state index in [0.717, 1.165) is 47.4 Å². The van der Waals surface area contributed by atoms with Gasteiger partial charge in [0.15, 0.2) is 6.10 Å². The van der Waals surface area contributed by atoms with E-state index in [1.807, 2.05) is 48.6 Å². The van der Waals surface area contributed by atoms with Gasteiger partial charge in [-0.1, -0.05) is 66.8 Å². The maximum absolute atomic E-state index is 12.0. The quantitative estimate of drug-likeness (QED) is 0.0238. The molecule has 2 amide bonds. The van der Waals surface area contributed by atoms with Crippen molar-refractivity contribution in [1.29, 1.82) is 0 Å². The Kier molecular flexibility index (Phi) is 23.6. The van der Waals surface area contributed by atoms with E-state index in [1.165, 1.54) is 0 Å². The fourth-order valence-electron chi connectivity index (χ4n) is 4.98. The van der Waals surface area contributed by atoms with Crippen LogP contribution in [0, 0.1) is 6.92 Å². The van der Waals surface area contributed by atoms with Crippen molar-refractivity contribution in [2.24, 2.45) is 0 Å². The predicted octanol–water partition coefficient (Wildman–Crippen LogP) is 4.94. The number of benzene rings is 3. The van der Waals surface area contributed by atoms with Crippen molar-refractivity contribution in [3.05, 3.63) is 94.5 Å². The van der Waals surface area contributed by atoms with Crippen LogP contribution in [0.15, 0.2) is 66.7 Å². The number of hydrogen-bond donors (Lipinski definition) is 4. The largest absolute Gasteiger partial charge is 0.508 e. The zero-order chi connectivity index (χ0) is 45.0. The van der Waals surface area contributed by atoms with E-state index in [0.29, 0.717) is 26.4 Å². The summed E-state index contributed by atoms with van der Waals surface area (Å²) < 4.78 is 57.9. The lowest BCUT2D eigenvalue weighted by molar-refractivity contribution is -0.158. The predicted molar refractivity (Wildman–Crippen MR) is 228 cm³/mol. The van der Waals surface area contributed by atoms with Gasteiger partial charge in [0.05, 0.1) is 46.2 Å². The number of phenols is 1. The van der Waals surface area contributed by atoms with Gasteiger partial charge in [0.1, 0.15) is 37.9 Å². The van der Waals surface area contributed by atoms with E-state index < -0.39 is 45.2 Å². The molecule has 0 radical (unpaired) electrons. The summed E-state index contributed by atoms with van der Waals surface area (Å²) in [6.07, 6.45) is 6.21. The molecular weight excluding hydrogens is 831 g/mol. The van der Waals surface area contributed by atoms with Gasteiger partial charge >= 0.3 is 25.9 Å². The summed E-state index contributed by atoms with van der Waals surface area (Å²) >= 11 is 0. The first kappa shape index (κ1) is 50.8. The number of esters is 2. The Morgan fingerprint density at radius 1 is 0.661 bits per heavy atom. The number of phenolic OH excluding ortho intramolecular Hbond substituents is 1. The molecule has 0 bridgehead atoms. The number of alkyl carbamates (subject to hydrolysis) is 1. The monoisotopic (exact) mass is 886 g/mol. The number of rotatable bonds is 29. The van der Waals surface area contributed by atoms with E-state index in [-0.39, 0.29) is 57.8 Å². The molecule has 338 valence electrons. The van der Waals surface area contributed by atoms with Gasteiger partial charge in [0.2, 0.25) is 5.91 Å². The van der Waals surface area contributed by atoms with Crippen molar-refractivity contribution < 1.29 is 75.9 Å². The molecule has 2 atom stereocenters.